The third kappa shape index (κ3) is 7.60. The van der Waals surface area contributed by atoms with E-state index in [9.17, 15) is 4.57 Å². The normalized spacial score (nSPS) is 14.8. The van der Waals surface area contributed by atoms with Gasteiger partial charge in [-0.15, -0.1) is 0 Å². The smallest absolute Gasteiger partial charge is 0.342 e. The first-order valence-electron chi connectivity index (χ1n) is 12.1. The van der Waals surface area contributed by atoms with Gasteiger partial charge in [-0.2, -0.15) is 0 Å². The Labute approximate surface area is 216 Å². The fraction of sp³-hybridized carbons (Fsp3) is 0.346. The van der Waals surface area contributed by atoms with Gasteiger partial charge < -0.3 is 24.3 Å². The predicted octanol–water partition coefficient (Wildman–Crippen LogP) is 4.55. The maximum Gasteiger partial charge on any atom is 0.342 e. The van der Waals surface area contributed by atoms with Crippen molar-refractivity contribution in [3.63, 3.8) is 0 Å². The third-order valence-electron chi connectivity index (χ3n) is 5.58. The van der Waals surface area contributed by atoms with Crippen molar-refractivity contribution in [1.29, 1.82) is 0 Å². The van der Waals surface area contributed by atoms with Gasteiger partial charge in [0.2, 0.25) is 0 Å². The number of para-hydroxylation sites is 1. The molecule has 0 aliphatic carbocycles. The number of anilines is 1. The second-order valence-electron chi connectivity index (χ2n) is 9.04. The molecule has 2 aromatic heterocycles. The minimum atomic E-state index is -3.44. The lowest BCUT2D eigenvalue weighted by atomic mass is 10.2. The van der Waals surface area contributed by atoms with Crippen LogP contribution < -0.4 is 15.3 Å². The van der Waals surface area contributed by atoms with E-state index in [0.717, 1.165) is 5.56 Å². The van der Waals surface area contributed by atoms with E-state index in [1.165, 1.54) is 11.9 Å². The molecule has 0 aliphatic heterocycles. The molecular formula is C26H33N6O4P. The van der Waals surface area contributed by atoms with Crippen molar-refractivity contribution in [2.45, 2.75) is 46.1 Å². The van der Waals surface area contributed by atoms with Crippen molar-refractivity contribution in [1.82, 2.24) is 24.6 Å². The number of ether oxygens (including phenoxy) is 2. The third-order valence-corrected chi connectivity index (χ3v) is 7.41. The van der Waals surface area contributed by atoms with Crippen LogP contribution in [0.5, 0.6) is 5.75 Å². The van der Waals surface area contributed by atoms with E-state index in [4.69, 9.17) is 19.7 Å². The molecule has 3 atom stereocenters. The molecule has 0 spiro atoms. The zero-order chi connectivity index (χ0) is 26.3. The Morgan fingerprint density at radius 3 is 2.57 bits per heavy atom. The molecule has 0 saturated heterocycles. The number of nitrogen functional groups attached to an aromatic ring is 1. The average Bonchev–Trinajstić information content (AvgIpc) is 3.28. The predicted molar refractivity (Wildman–Crippen MR) is 143 cm³/mol. The van der Waals surface area contributed by atoms with Crippen LogP contribution in [0.25, 0.3) is 11.2 Å². The van der Waals surface area contributed by atoms with E-state index in [1.807, 2.05) is 55.7 Å². The van der Waals surface area contributed by atoms with Crippen molar-refractivity contribution in [3.8, 4) is 5.75 Å². The number of hydrogen-bond acceptors (Lipinski definition) is 8. The Bertz CT molecular complexity index is 1330. The van der Waals surface area contributed by atoms with Crippen LogP contribution in [0, 0.1) is 6.92 Å². The first-order valence-corrected chi connectivity index (χ1v) is 13.9. The number of aromatic nitrogens is 4. The summed E-state index contributed by atoms with van der Waals surface area (Å²) in [7, 11) is -3.44. The number of aryl methyl sites for hydroxylation is 1. The summed E-state index contributed by atoms with van der Waals surface area (Å²) in [6.07, 6.45) is 2.60. The van der Waals surface area contributed by atoms with Crippen LogP contribution in [-0.4, -0.2) is 44.6 Å². The quantitative estimate of drug-likeness (QED) is 0.242. The number of nitrogens with two attached hydrogens (primary N) is 1. The second kappa shape index (κ2) is 12.3. The van der Waals surface area contributed by atoms with Crippen LogP contribution >= 0.6 is 7.52 Å². The highest BCUT2D eigenvalue weighted by molar-refractivity contribution is 7.57. The van der Waals surface area contributed by atoms with E-state index >= 15 is 0 Å². The van der Waals surface area contributed by atoms with Crippen molar-refractivity contribution in [2.75, 3.05) is 18.7 Å². The number of nitrogens with zero attached hydrogens (tertiary/aromatic N) is 4. The lowest BCUT2D eigenvalue weighted by Crippen LogP contribution is -2.32. The fourth-order valence-electron chi connectivity index (χ4n) is 3.74. The number of hydrogen-bond donors (Lipinski definition) is 2. The van der Waals surface area contributed by atoms with E-state index in [-0.39, 0.29) is 18.5 Å². The summed E-state index contributed by atoms with van der Waals surface area (Å²) in [6, 6.07) is 17.0. The van der Waals surface area contributed by atoms with E-state index in [0.29, 0.717) is 42.5 Å². The topological polar surface area (TPSA) is 126 Å². The van der Waals surface area contributed by atoms with Crippen molar-refractivity contribution >= 4 is 24.5 Å². The molecule has 0 radical (unpaired) electrons. The van der Waals surface area contributed by atoms with Crippen LogP contribution in [0.2, 0.25) is 0 Å². The lowest BCUT2D eigenvalue weighted by molar-refractivity contribution is 0.0800. The zero-order valence-corrected chi connectivity index (χ0v) is 22.2. The Hall–Kier alpha value is -3.30. The summed E-state index contributed by atoms with van der Waals surface area (Å²) in [5.74, 6) is 0.816. The Balaban J connectivity index is 1.36. The molecule has 37 heavy (non-hydrogen) atoms. The van der Waals surface area contributed by atoms with Gasteiger partial charge in [-0.1, -0.05) is 48.0 Å². The molecule has 11 heteroatoms. The minimum absolute atomic E-state index is 0.130. The first-order chi connectivity index (χ1) is 17.8. The molecule has 2 unspecified atom stereocenters. The van der Waals surface area contributed by atoms with Gasteiger partial charge in [-0.05, 0) is 38.5 Å². The summed E-state index contributed by atoms with van der Waals surface area (Å²) in [6.45, 7) is 7.10. The summed E-state index contributed by atoms with van der Waals surface area (Å²) in [4.78, 5) is 12.5. The summed E-state index contributed by atoms with van der Waals surface area (Å²) < 4.78 is 33.5. The number of imidazole rings is 1. The molecule has 0 amide bonds. The highest BCUT2D eigenvalue weighted by atomic mass is 31.2. The number of benzene rings is 2. The summed E-state index contributed by atoms with van der Waals surface area (Å²) in [5, 5.41) is 3.12. The fourth-order valence-corrected chi connectivity index (χ4v) is 5.58. The molecule has 10 nitrogen and oxygen atoms in total. The van der Waals surface area contributed by atoms with Gasteiger partial charge in [0.15, 0.2) is 11.5 Å². The molecule has 0 fully saturated rings. The van der Waals surface area contributed by atoms with Gasteiger partial charge in [0.1, 0.15) is 23.9 Å². The summed E-state index contributed by atoms with van der Waals surface area (Å²) >= 11 is 0. The second-order valence-corrected chi connectivity index (χ2v) is 11.1. The van der Waals surface area contributed by atoms with Crippen LogP contribution in [0.4, 0.5) is 5.82 Å². The molecule has 2 heterocycles. The average molecular weight is 525 g/mol. The Morgan fingerprint density at radius 1 is 1.05 bits per heavy atom. The van der Waals surface area contributed by atoms with Gasteiger partial charge in [0.25, 0.3) is 0 Å². The molecule has 3 N–H and O–H groups in total. The maximum absolute atomic E-state index is 13.9. The Kier molecular flexibility index (Phi) is 8.89. The SMILES string of the molecule is Cc1ccc(COCC(C)NP(=O)(CO[C@H](C)Cn2cnc3c(N)ncnc32)Oc2ccccc2)cc1. The van der Waals surface area contributed by atoms with E-state index in [2.05, 4.69) is 32.2 Å². The number of rotatable bonds is 13. The summed E-state index contributed by atoms with van der Waals surface area (Å²) in [5.41, 5.74) is 9.31. The van der Waals surface area contributed by atoms with Crippen LogP contribution in [0.1, 0.15) is 25.0 Å². The molecule has 4 aromatic rings. The van der Waals surface area contributed by atoms with Gasteiger partial charge in [0, 0.05) is 6.04 Å². The maximum atomic E-state index is 13.9. The molecule has 4 rings (SSSR count). The number of nitrogens with one attached hydrogen (secondary N) is 1. The standard InChI is InChI=1S/C26H33N6O4P/c1-19-9-11-22(12-10-19)15-34-14-20(2)31-37(33,36-23-7-5-4-6-8-23)18-35-21(3)13-32-17-30-24-25(27)28-16-29-26(24)32/h4-12,16-17,20-21H,13-15,18H2,1-3H3,(H,31,33)(H2,27,28,29)/t20?,21-,37?/m1/s1. The van der Waals surface area contributed by atoms with E-state index < -0.39 is 7.52 Å². The van der Waals surface area contributed by atoms with Crippen molar-refractivity contribution in [3.05, 3.63) is 78.4 Å². The van der Waals surface area contributed by atoms with E-state index in [1.54, 1.807) is 18.5 Å². The monoisotopic (exact) mass is 524 g/mol. The van der Waals surface area contributed by atoms with Crippen LogP contribution in [-0.2, 0) is 27.2 Å². The Morgan fingerprint density at radius 2 is 1.81 bits per heavy atom. The molecule has 2 aromatic carbocycles. The molecule has 0 aliphatic rings. The molecule has 0 bridgehead atoms. The van der Waals surface area contributed by atoms with Crippen LogP contribution in [0.15, 0.2) is 67.3 Å². The largest absolute Gasteiger partial charge is 0.431 e. The lowest BCUT2D eigenvalue weighted by Gasteiger charge is -2.25. The van der Waals surface area contributed by atoms with Gasteiger partial charge in [0.05, 0.1) is 32.2 Å². The highest BCUT2D eigenvalue weighted by Gasteiger charge is 2.29. The molecular weight excluding hydrogens is 491 g/mol. The van der Waals surface area contributed by atoms with Gasteiger partial charge in [-0.25, -0.2) is 20.0 Å². The van der Waals surface area contributed by atoms with Crippen LogP contribution in [0.3, 0.4) is 0 Å². The van der Waals surface area contributed by atoms with Gasteiger partial charge >= 0.3 is 7.52 Å². The minimum Gasteiger partial charge on any atom is -0.431 e. The van der Waals surface area contributed by atoms with Gasteiger partial charge in [-0.3, -0.25) is 4.57 Å². The zero-order valence-electron chi connectivity index (χ0n) is 21.3. The van der Waals surface area contributed by atoms with Crippen molar-refractivity contribution < 1.29 is 18.6 Å². The molecule has 196 valence electrons. The number of fused-ring (bicyclic) bond motifs is 1. The molecule has 0 saturated carbocycles. The van der Waals surface area contributed by atoms with Crippen molar-refractivity contribution in [2.24, 2.45) is 0 Å². The highest BCUT2D eigenvalue weighted by Crippen LogP contribution is 2.44. The first kappa shape index (κ1) is 26.8.